The van der Waals surface area contributed by atoms with Crippen LogP contribution in [0.1, 0.15) is 67.6 Å². The molecular weight excluding hydrogens is 314 g/mol. The molecule has 0 atom stereocenters. The lowest BCUT2D eigenvalue weighted by Crippen LogP contribution is -2.31. The Kier molecular flexibility index (Phi) is 3.24. The minimum Gasteiger partial charge on any atom is -0.200 e. The van der Waals surface area contributed by atoms with Gasteiger partial charge in [0.25, 0.3) is 0 Å². The molecule has 1 heterocycles. The van der Waals surface area contributed by atoms with Crippen molar-refractivity contribution >= 4 is 10.8 Å². The van der Waals surface area contributed by atoms with Crippen LogP contribution < -0.4 is 4.57 Å². The molecule has 0 amide bonds. The maximum Gasteiger partial charge on any atom is 0.220 e. The topological polar surface area (TPSA) is 3.88 Å². The van der Waals surface area contributed by atoms with Crippen molar-refractivity contribution in [1.29, 1.82) is 0 Å². The van der Waals surface area contributed by atoms with Gasteiger partial charge in [0.1, 0.15) is 7.05 Å². The van der Waals surface area contributed by atoms with E-state index in [0.717, 1.165) is 27.6 Å². The van der Waals surface area contributed by atoms with E-state index in [4.69, 9.17) is 6.85 Å². The molecule has 0 spiro atoms. The third-order valence-corrected chi connectivity index (χ3v) is 5.92. The number of rotatable bonds is 3. The molecule has 3 aromatic rings. The van der Waals surface area contributed by atoms with Gasteiger partial charge in [-0.25, -0.2) is 4.57 Å². The SMILES string of the molecule is [2H]C([2H])([2H])c1cc(-c2c3ccc(C4CCCC4)cc3cc[n+]2C)c(C)c(C([2H])([2H])C)c1. The molecule has 1 nitrogen and oxygen atoms in total. The minimum atomic E-state index is -2.30. The smallest absolute Gasteiger partial charge is 0.200 e. The van der Waals surface area contributed by atoms with Crippen molar-refractivity contribution < 1.29 is 11.4 Å². The summed E-state index contributed by atoms with van der Waals surface area (Å²) in [4.78, 5) is 0. The van der Waals surface area contributed by atoms with E-state index in [9.17, 15) is 0 Å². The first kappa shape index (κ1) is 12.3. The van der Waals surface area contributed by atoms with E-state index in [-0.39, 0.29) is 5.56 Å². The molecule has 4 rings (SSSR count). The second kappa shape index (κ2) is 6.87. The Balaban J connectivity index is 1.98. The van der Waals surface area contributed by atoms with Crippen LogP contribution in [-0.4, -0.2) is 0 Å². The summed E-state index contributed by atoms with van der Waals surface area (Å²) in [6.07, 6.45) is 5.44. The summed E-state index contributed by atoms with van der Waals surface area (Å²) in [6.45, 7) is 1.07. The van der Waals surface area contributed by atoms with E-state index < -0.39 is 13.2 Å². The van der Waals surface area contributed by atoms with Crippen molar-refractivity contribution in [2.45, 2.75) is 58.7 Å². The Morgan fingerprint density at radius 2 is 1.96 bits per heavy atom. The van der Waals surface area contributed by atoms with Crippen LogP contribution in [0, 0.1) is 13.8 Å². The van der Waals surface area contributed by atoms with Gasteiger partial charge in [-0.1, -0.05) is 38.0 Å². The normalized spacial score (nSPS) is 19.0. The summed E-state index contributed by atoms with van der Waals surface area (Å²) in [5.74, 6) is 0.626. The fourth-order valence-electron chi connectivity index (χ4n) is 4.46. The second-order valence-electron chi connectivity index (χ2n) is 7.55. The molecule has 1 heteroatoms. The Morgan fingerprint density at radius 1 is 1.15 bits per heavy atom. The van der Waals surface area contributed by atoms with E-state index in [1.54, 1.807) is 6.07 Å². The highest BCUT2D eigenvalue weighted by Gasteiger charge is 2.21. The standard InChI is InChI=1S/C25H30N/c1-5-19-14-17(2)15-24(18(19)3)25-23-11-10-21(20-8-6-7-9-20)16-22(23)12-13-26(25)4/h10-16,20H,5-9H2,1-4H3/q+1/i2D3,5D2. The molecule has 1 saturated carbocycles. The van der Waals surface area contributed by atoms with Crippen LogP contribution in [0.2, 0.25) is 0 Å². The van der Waals surface area contributed by atoms with E-state index >= 15 is 0 Å². The van der Waals surface area contributed by atoms with Crippen LogP contribution >= 0.6 is 0 Å². The summed E-state index contributed by atoms with van der Waals surface area (Å²) in [7, 11) is 1.96. The molecule has 1 aliphatic rings. The van der Waals surface area contributed by atoms with Crippen LogP contribution in [0.15, 0.2) is 42.6 Å². The van der Waals surface area contributed by atoms with E-state index in [2.05, 4.69) is 24.3 Å². The number of aromatic nitrogens is 1. The lowest BCUT2D eigenvalue weighted by Gasteiger charge is -2.14. The average Bonchev–Trinajstić information content (AvgIpc) is 3.21. The molecule has 26 heavy (non-hydrogen) atoms. The first-order valence-corrected chi connectivity index (χ1v) is 9.55. The number of nitrogens with zero attached hydrogens (tertiary/aromatic N) is 1. The fraction of sp³-hybridized carbons (Fsp3) is 0.400. The summed E-state index contributed by atoms with van der Waals surface area (Å²) in [6, 6.07) is 12.0. The zero-order chi connectivity index (χ0) is 22.6. The van der Waals surface area contributed by atoms with Gasteiger partial charge >= 0.3 is 0 Å². The third kappa shape index (κ3) is 2.94. The van der Waals surface area contributed by atoms with E-state index in [1.165, 1.54) is 44.2 Å². The zero-order valence-electron chi connectivity index (χ0n) is 20.9. The summed E-state index contributed by atoms with van der Waals surface area (Å²) < 4.78 is 42.4. The summed E-state index contributed by atoms with van der Waals surface area (Å²) >= 11 is 0. The largest absolute Gasteiger partial charge is 0.220 e. The van der Waals surface area contributed by atoms with Crippen molar-refractivity contribution in [1.82, 2.24) is 0 Å². The molecule has 134 valence electrons. The predicted molar refractivity (Wildman–Crippen MR) is 111 cm³/mol. The molecule has 0 N–H and O–H groups in total. The molecule has 0 aliphatic heterocycles. The Morgan fingerprint density at radius 3 is 2.69 bits per heavy atom. The van der Waals surface area contributed by atoms with Crippen molar-refractivity contribution in [3.8, 4) is 11.3 Å². The first-order chi connectivity index (χ1) is 14.5. The highest BCUT2D eigenvalue weighted by molar-refractivity contribution is 5.94. The van der Waals surface area contributed by atoms with Gasteiger partial charge in [0.05, 0.1) is 10.9 Å². The third-order valence-electron chi connectivity index (χ3n) is 5.92. The average molecular weight is 350 g/mol. The van der Waals surface area contributed by atoms with Crippen LogP contribution in [-0.2, 0) is 13.4 Å². The number of benzene rings is 2. The van der Waals surface area contributed by atoms with Gasteiger partial charge in [0, 0.05) is 12.9 Å². The van der Waals surface area contributed by atoms with E-state index in [0.29, 0.717) is 11.5 Å². The van der Waals surface area contributed by atoms with Gasteiger partial charge in [-0.05, 0) is 78.7 Å². The van der Waals surface area contributed by atoms with Gasteiger partial charge in [-0.15, -0.1) is 0 Å². The molecule has 0 radical (unpaired) electrons. The highest BCUT2D eigenvalue weighted by atomic mass is 14.9. The highest BCUT2D eigenvalue weighted by Crippen LogP contribution is 2.37. The molecular formula is C25H30N+. The number of pyridine rings is 1. The maximum absolute atomic E-state index is 8.29. The van der Waals surface area contributed by atoms with Gasteiger partial charge in [-0.2, -0.15) is 0 Å². The lowest BCUT2D eigenvalue weighted by molar-refractivity contribution is -0.659. The fourth-order valence-corrected chi connectivity index (χ4v) is 4.46. The maximum atomic E-state index is 8.29. The lowest BCUT2D eigenvalue weighted by atomic mass is 9.91. The summed E-state index contributed by atoms with van der Waals surface area (Å²) in [5, 5.41) is 2.19. The molecule has 0 saturated heterocycles. The van der Waals surface area contributed by atoms with Crippen LogP contribution in [0.3, 0.4) is 0 Å². The van der Waals surface area contributed by atoms with Gasteiger partial charge in [0.15, 0.2) is 6.20 Å². The Hall–Kier alpha value is -2.15. The van der Waals surface area contributed by atoms with Gasteiger partial charge in [0.2, 0.25) is 5.69 Å². The predicted octanol–water partition coefficient (Wildman–Crippen LogP) is 6.17. The molecule has 0 bridgehead atoms. The van der Waals surface area contributed by atoms with Crippen LogP contribution in [0.5, 0.6) is 0 Å². The molecule has 0 unspecified atom stereocenters. The minimum absolute atomic E-state index is 0.174. The van der Waals surface area contributed by atoms with Crippen molar-refractivity contribution in [3.63, 3.8) is 0 Å². The van der Waals surface area contributed by atoms with Crippen LogP contribution in [0.25, 0.3) is 22.0 Å². The number of hydrogen-bond acceptors (Lipinski definition) is 0. The van der Waals surface area contributed by atoms with E-state index in [1.807, 2.05) is 24.7 Å². The number of aryl methyl sites for hydroxylation is 3. The Labute approximate surface area is 164 Å². The van der Waals surface area contributed by atoms with Crippen LogP contribution in [0.4, 0.5) is 0 Å². The molecule has 1 fully saturated rings. The van der Waals surface area contributed by atoms with Crippen molar-refractivity contribution in [2.24, 2.45) is 7.05 Å². The summed E-state index contributed by atoms with van der Waals surface area (Å²) in [5.41, 5.74) is 4.46. The van der Waals surface area contributed by atoms with Crippen molar-refractivity contribution in [3.05, 3.63) is 64.8 Å². The monoisotopic (exact) mass is 349 g/mol. The zero-order valence-corrected chi connectivity index (χ0v) is 15.9. The van der Waals surface area contributed by atoms with Crippen molar-refractivity contribution in [2.75, 3.05) is 0 Å². The van der Waals surface area contributed by atoms with Gasteiger partial charge in [-0.3, -0.25) is 0 Å². The first-order valence-electron chi connectivity index (χ1n) is 12.0. The molecule has 2 aromatic carbocycles. The second-order valence-corrected chi connectivity index (χ2v) is 7.55. The Bertz CT molecular complexity index is 1140. The molecule has 1 aliphatic carbocycles. The number of hydrogen-bond donors (Lipinski definition) is 0. The van der Waals surface area contributed by atoms with Gasteiger partial charge < -0.3 is 0 Å². The quantitative estimate of drug-likeness (QED) is 0.498. The molecule has 1 aromatic heterocycles. The number of fused-ring (bicyclic) bond motifs is 1.